The molecule has 0 unspecified atom stereocenters. The van der Waals surface area contributed by atoms with E-state index in [1.54, 1.807) is 13.2 Å². The molecule has 3 aromatic rings. The van der Waals surface area contributed by atoms with Crippen LogP contribution < -0.4 is 4.74 Å². The van der Waals surface area contributed by atoms with E-state index >= 15 is 0 Å². The van der Waals surface area contributed by atoms with Crippen molar-refractivity contribution in [1.82, 2.24) is 15.1 Å². The SMILES string of the molecule is COc1ccc(CN2CCC[C@H](c3[nH]ncc3-c3cccc(C)c3)C2)cc1O. The number of nitrogens with one attached hydrogen (secondary N) is 1. The third-order valence-electron chi connectivity index (χ3n) is 5.56. The zero-order valence-electron chi connectivity index (χ0n) is 16.5. The van der Waals surface area contributed by atoms with Gasteiger partial charge in [-0.25, -0.2) is 0 Å². The predicted molar refractivity (Wildman–Crippen MR) is 111 cm³/mol. The zero-order valence-corrected chi connectivity index (χ0v) is 16.5. The molecular weight excluding hydrogens is 350 g/mol. The van der Waals surface area contributed by atoms with Crippen LogP contribution in [0.1, 0.15) is 35.6 Å². The number of aromatic nitrogens is 2. The number of methoxy groups -OCH3 is 1. The van der Waals surface area contributed by atoms with Crippen molar-refractivity contribution in [3.63, 3.8) is 0 Å². The van der Waals surface area contributed by atoms with Crippen molar-refractivity contribution in [2.24, 2.45) is 0 Å². The third-order valence-corrected chi connectivity index (χ3v) is 5.56. The number of phenols is 1. The zero-order chi connectivity index (χ0) is 19.5. The summed E-state index contributed by atoms with van der Waals surface area (Å²) in [7, 11) is 1.57. The predicted octanol–water partition coefficient (Wildman–Crippen LogP) is 4.48. The molecule has 28 heavy (non-hydrogen) atoms. The number of hydrogen-bond acceptors (Lipinski definition) is 4. The molecular formula is C23H27N3O2. The first kappa shape index (κ1) is 18.6. The summed E-state index contributed by atoms with van der Waals surface area (Å²) in [5, 5.41) is 17.7. The van der Waals surface area contributed by atoms with Crippen LogP contribution in [-0.2, 0) is 6.54 Å². The number of ether oxygens (including phenoxy) is 1. The Balaban J connectivity index is 1.50. The molecule has 0 bridgehead atoms. The first-order chi connectivity index (χ1) is 13.6. The lowest BCUT2D eigenvalue weighted by Crippen LogP contribution is -2.34. The summed E-state index contributed by atoms with van der Waals surface area (Å²) < 4.78 is 5.14. The number of rotatable bonds is 5. The number of benzene rings is 2. The van der Waals surface area contributed by atoms with Gasteiger partial charge in [-0.1, -0.05) is 35.9 Å². The van der Waals surface area contributed by atoms with E-state index in [9.17, 15) is 5.11 Å². The highest BCUT2D eigenvalue weighted by molar-refractivity contribution is 5.66. The Morgan fingerprint density at radius 2 is 2.14 bits per heavy atom. The van der Waals surface area contributed by atoms with Gasteiger partial charge in [0.15, 0.2) is 11.5 Å². The van der Waals surface area contributed by atoms with Crippen LogP contribution in [0, 0.1) is 6.92 Å². The maximum atomic E-state index is 10.1. The second-order valence-electron chi connectivity index (χ2n) is 7.65. The Hall–Kier alpha value is -2.79. The lowest BCUT2D eigenvalue weighted by Gasteiger charge is -2.32. The highest BCUT2D eigenvalue weighted by Crippen LogP contribution is 2.34. The Labute approximate surface area is 166 Å². The van der Waals surface area contributed by atoms with E-state index in [4.69, 9.17) is 4.74 Å². The van der Waals surface area contributed by atoms with Crippen LogP contribution in [0.5, 0.6) is 11.5 Å². The normalized spacial score (nSPS) is 17.6. The van der Waals surface area contributed by atoms with Crippen LogP contribution in [0.2, 0.25) is 0 Å². The molecule has 1 saturated heterocycles. The highest BCUT2D eigenvalue weighted by Gasteiger charge is 2.25. The minimum atomic E-state index is 0.198. The Bertz CT molecular complexity index is 951. The molecule has 1 aliphatic heterocycles. The number of aromatic amines is 1. The standard InChI is InChI=1S/C23H27N3O2/c1-16-5-3-6-18(11-16)20-13-24-25-23(20)19-7-4-10-26(15-19)14-17-8-9-22(28-2)21(27)12-17/h3,5-6,8-9,11-13,19,27H,4,7,10,14-15H2,1-2H3,(H,24,25)/t19-/m0/s1. The van der Waals surface area contributed by atoms with Crippen molar-refractivity contribution >= 4 is 0 Å². The van der Waals surface area contributed by atoms with Gasteiger partial charge in [-0.3, -0.25) is 10.00 Å². The van der Waals surface area contributed by atoms with Crippen LogP contribution in [-0.4, -0.2) is 40.4 Å². The monoisotopic (exact) mass is 377 g/mol. The number of aryl methyl sites for hydroxylation is 1. The molecule has 1 atom stereocenters. The molecule has 1 aromatic heterocycles. The van der Waals surface area contributed by atoms with Crippen LogP contribution in [0.4, 0.5) is 0 Å². The summed E-state index contributed by atoms with van der Waals surface area (Å²) in [5.74, 6) is 1.14. The molecule has 5 heteroatoms. The molecule has 146 valence electrons. The Morgan fingerprint density at radius 1 is 1.25 bits per heavy atom. The molecule has 2 aromatic carbocycles. The fraction of sp³-hybridized carbons (Fsp3) is 0.348. The number of piperidine rings is 1. The number of H-pyrrole nitrogens is 1. The number of nitrogens with zero attached hydrogens (tertiary/aromatic N) is 2. The van der Waals surface area contributed by atoms with Gasteiger partial charge in [-0.05, 0) is 49.6 Å². The topological polar surface area (TPSA) is 61.4 Å². The minimum absolute atomic E-state index is 0.198. The molecule has 0 amide bonds. The van der Waals surface area contributed by atoms with Crippen LogP contribution in [0.15, 0.2) is 48.7 Å². The third kappa shape index (κ3) is 3.90. The second-order valence-corrected chi connectivity index (χ2v) is 7.65. The summed E-state index contributed by atoms with van der Waals surface area (Å²) in [6, 6.07) is 14.3. The number of aromatic hydroxyl groups is 1. The van der Waals surface area contributed by atoms with Gasteiger partial charge in [0.05, 0.1) is 13.3 Å². The van der Waals surface area contributed by atoms with Crippen LogP contribution >= 0.6 is 0 Å². The van der Waals surface area contributed by atoms with E-state index in [2.05, 4.69) is 46.3 Å². The number of phenolic OH excluding ortho intramolecular Hbond substituents is 1. The lowest BCUT2D eigenvalue weighted by molar-refractivity contribution is 0.198. The van der Waals surface area contributed by atoms with Gasteiger partial charge in [0, 0.05) is 30.3 Å². The lowest BCUT2D eigenvalue weighted by atomic mass is 9.90. The first-order valence-electron chi connectivity index (χ1n) is 9.82. The van der Waals surface area contributed by atoms with Crippen molar-refractivity contribution in [3.8, 4) is 22.6 Å². The Kier molecular flexibility index (Phi) is 5.35. The second kappa shape index (κ2) is 8.07. The summed E-state index contributed by atoms with van der Waals surface area (Å²) in [6.07, 6.45) is 4.26. The van der Waals surface area contributed by atoms with E-state index in [1.165, 1.54) is 22.4 Å². The quantitative estimate of drug-likeness (QED) is 0.688. The molecule has 0 aliphatic carbocycles. The van der Waals surface area contributed by atoms with Crippen LogP contribution in [0.3, 0.4) is 0 Å². The molecule has 5 nitrogen and oxygen atoms in total. The number of hydrogen-bond donors (Lipinski definition) is 2. The molecule has 1 fully saturated rings. The minimum Gasteiger partial charge on any atom is -0.504 e. The summed E-state index contributed by atoms with van der Waals surface area (Å²) in [6.45, 7) is 4.99. The van der Waals surface area contributed by atoms with Gasteiger partial charge in [0.1, 0.15) is 0 Å². The van der Waals surface area contributed by atoms with Crippen molar-refractivity contribution in [3.05, 3.63) is 65.5 Å². The fourth-order valence-corrected chi connectivity index (χ4v) is 4.18. The molecule has 0 spiro atoms. The van der Waals surface area contributed by atoms with Crippen molar-refractivity contribution in [2.45, 2.75) is 32.2 Å². The Morgan fingerprint density at radius 3 is 2.93 bits per heavy atom. The summed E-state index contributed by atoms with van der Waals surface area (Å²) in [5.41, 5.74) is 6.02. The van der Waals surface area contributed by atoms with E-state index in [1.807, 2.05) is 18.3 Å². The van der Waals surface area contributed by atoms with Gasteiger partial charge in [0.25, 0.3) is 0 Å². The number of likely N-dealkylation sites (tertiary alicyclic amines) is 1. The van der Waals surface area contributed by atoms with Gasteiger partial charge in [-0.15, -0.1) is 0 Å². The fourth-order valence-electron chi connectivity index (χ4n) is 4.18. The van der Waals surface area contributed by atoms with E-state index in [0.29, 0.717) is 11.7 Å². The summed E-state index contributed by atoms with van der Waals surface area (Å²) in [4.78, 5) is 2.45. The maximum Gasteiger partial charge on any atom is 0.160 e. The molecule has 0 saturated carbocycles. The smallest absolute Gasteiger partial charge is 0.160 e. The van der Waals surface area contributed by atoms with Gasteiger partial charge < -0.3 is 9.84 Å². The average molecular weight is 377 g/mol. The van der Waals surface area contributed by atoms with Gasteiger partial charge >= 0.3 is 0 Å². The molecule has 2 N–H and O–H groups in total. The summed E-state index contributed by atoms with van der Waals surface area (Å²) >= 11 is 0. The molecule has 2 heterocycles. The largest absolute Gasteiger partial charge is 0.504 e. The van der Waals surface area contributed by atoms with Crippen molar-refractivity contribution in [2.75, 3.05) is 20.2 Å². The molecule has 1 aliphatic rings. The van der Waals surface area contributed by atoms with E-state index in [0.717, 1.165) is 38.0 Å². The molecule has 4 rings (SSSR count). The van der Waals surface area contributed by atoms with Gasteiger partial charge in [0.2, 0.25) is 0 Å². The van der Waals surface area contributed by atoms with Crippen molar-refractivity contribution < 1.29 is 9.84 Å². The van der Waals surface area contributed by atoms with Crippen LogP contribution in [0.25, 0.3) is 11.1 Å². The van der Waals surface area contributed by atoms with Crippen molar-refractivity contribution in [1.29, 1.82) is 0 Å². The molecule has 0 radical (unpaired) electrons. The van der Waals surface area contributed by atoms with Gasteiger partial charge in [-0.2, -0.15) is 5.10 Å². The highest BCUT2D eigenvalue weighted by atomic mass is 16.5. The van der Waals surface area contributed by atoms with E-state index < -0.39 is 0 Å². The van der Waals surface area contributed by atoms with E-state index in [-0.39, 0.29) is 5.75 Å². The average Bonchev–Trinajstić information content (AvgIpc) is 3.18. The first-order valence-corrected chi connectivity index (χ1v) is 9.82. The maximum absolute atomic E-state index is 10.1.